The van der Waals surface area contributed by atoms with Crippen LogP contribution in [0.2, 0.25) is 0 Å². The van der Waals surface area contributed by atoms with Gasteiger partial charge in [-0.25, -0.2) is 3.11 Å². The predicted octanol–water partition coefficient (Wildman–Crippen LogP) is 0.741. The topological polar surface area (TPSA) is 15.7 Å². The number of halogens is 1. The van der Waals surface area contributed by atoms with Crippen LogP contribution >= 0.6 is 22.9 Å². The van der Waals surface area contributed by atoms with Crippen LogP contribution in [-0.4, -0.2) is 53.4 Å². The van der Waals surface area contributed by atoms with E-state index in [1.807, 2.05) is 0 Å². The van der Waals surface area contributed by atoms with Crippen molar-refractivity contribution in [3.63, 3.8) is 0 Å². The number of nitrogens with zero attached hydrogens (tertiary/aromatic N) is 2. The van der Waals surface area contributed by atoms with E-state index in [1.54, 1.807) is 7.11 Å². The SMILES string of the molecule is COCCN1C[C@@H]2C[C@H]1CN2I. The fourth-order valence-electron chi connectivity index (χ4n) is 2.18. The third-order valence-electron chi connectivity index (χ3n) is 2.87. The maximum absolute atomic E-state index is 5.08. The van der Waals surface area contributed by atoms with E-state index in [2.05, 4.69) is 30.9 Å². The summed E-state index contributed by atoms with van der Waals surface area (Å²) in [6.45, 7) is 4.48. The fourth-order valence-corrected chi connectivity index (χ4v) is 3.04. The smallest absolute Gasteiger partial charge is 0.0589 e. The van der Waals surface area contributed by atoms with Crippen molar-refractivity contribution in [1.82, 2.24) is 8.01 Å². The first kappa shape index (κ1) is 9.18. The summed E-state index contributed by atoms with van der Waals surface area (Å²) in [5, 5.41) is 0. The van der Waals surface area contributed by atoms with E-state index in [1.165, 1.54) is 19.5 Å². The minimum absolute atomic E-state index is 0.807. The minimum Gasteiger partial charge on any atom is -0.383 e. The highest BCUT2D eigenvalue weighted by molar-refractivity contribution is 14.1. The van der Waals surface area contributed by atoms with Gasteiger partial charge in [-0.3, -0.25) is 4.90 Å². The van der Waals surface area contributed by atoms with Crippen LogP contribution in [-0.2, 0) is 4.74 Å². The minimum atomic E-state index is 0.807. The van der Waals surface area contributed by atoms with E-state index < -0.39 is 0 Å². The van der Waals surface area contributed by atoms with E-state index in [9.17, 15) is 0 Å². The van der Waals surface area contributed by atoms with Crippen LogP contribution in [0.1, 0.15) is 6.42 Å². The predicted molar refractivity (Wildman–Crippen MR) is 56.4 cm³/mol. The Hall–Kier alpha value is 0.610. The summed E-state index contributed by atoms with van der Waals surface area (Å²) in [6.07, 6.45) is 1.37. The van der Waals surface area contributed by atoms with E-state index >= 15 is 0 Å². The standard InChI is InChI=1S/C8H15IN2O/c1-12-3-2-10-5-8-4-7(10)6-11(8)9/h7-8H,2-6H2,1H3/t7-,8-/m0/s1. The molecule has 2 saturated heterocycles. The van der Waals surface area contributed by atoms with Crippen LogP contribution in [0.25, 0.3) is 0 Å². The van der Waals surface area contributed by atoms with Gasteiger partial charge in [-0.05, 0) is 6.42 Å². The largest absolute Gasteiger partial charge is 0.383 e. The summed E-state index contributed by atoms with van der Waals surface area (Å²) < 4.78 is 7.53. The van der Waals surface area contributed by atoms with E-state index in [-0.39, 0.29) is 0 Å². The average Bonchev–Trinajstić information content (AvgIpc) is 2.58. The molecule has 0 amide bonds. The summed E-state index contributed by atoms with van der Waals surface area (Å²) in [5.41, 5.74) is 0. The Balaban J connectivity index is 1.82. The van der Waals surface area contributed by atoms with Gasteiger partial charge in [0.25, 0.3) is 0 Å². The fraction of sp³-hybridized carbons (Fsp3) is 1.00. The Morgan fingerprint density at radius 3 is 2.75 bits per heavy atom. The van der Waals surface area contributed by atoms with E-state index in [0.29, 0.717) is 0 Å². The molecule has 0 aromatic carbocycles. The van der Waals surface area contributed by atoms with Crippen molar-refractivity contribution in [2.24, 2.45) is 0 Å². The molecule has 0 aliphatic carbocycles. The van der Waals surface area contributed by atoms with Crippen molar-refractivity contribution in [2.45, 2.75) is 18.5 Å². The molecule has 0 unspecified atom stereocenters. The number of hydrogen-bond donors (Lipinski definition) is 0. The molecule has 2 aliphatic rings. The van der Waals surface area contributed by atoms with Crippen molar-refractivity contribution in [2.75, 3.05) is 33.4 Å². The molecule has 12 heavy (non-hydrogen) atoms. The molecule has 2 heterocycles. The van der Waals surface area contributed by atoms with Crippen LogP contribution in [0.5, 0.6) is 0 Å². The summed E-state index contributed by atoms with van der Waals surface area (Å²) in [4.78, 5) is 2.56. The van der Waals surface area contributed by atoms with Crippen LogP contribution in [0, 0.1) is 0 Å². The van der Waals surface area contributed by atoms with Crippen molar-refractivity contribution < 1.29 is 4.74 Å². The Kier molecular flexibility index (Phi) is 2.89. The zero-order valence-electron chi connectivity index (χ0n) is 7.37. The van der Waals surface area contributed by atoms with E-state index in [0.717, 1.165) is 25.2 Å². The molecule has 0 N–H and O–H groups in total. The van der Waals surface area contributed by atoms with Crippen LogP contribution in [0.15, 0.2) is 0 Å². The van der Waals surface area contributed by atoms with Gasteiger partial charge in [0.2, 0.25) is 0 Å². The highest BCUT2D eigenvalue weighted by Crippen LogP contribution is 2.32. The number of piperazine rings is 1. The van der Waals surface area contributed by atoms with Crippen molar-refractivity contribution in [3.8, 4) is 0 Å². The molecule has 0 aromatic heterocycles. The van der Waals surface area contributed by atoms with Gasteiger partial charge in [-0.1, -0.05) is 0 Å². The Morgan fingerprint density at radius 1 is 1.42 bits per heavy atom. The first-order valence-electron chi connectivity index (χ1n) is 4.46. The zero-order chi connectivity index (χ0) is 8.55. The number of likely N-dealkylation sites (tertiary alicyclic amines) is 1. The van der Waals surface area contributed by atoms with Crippen molar-refractivity contribution in [3.05, 3.63) is 0 Å². The second-order valence-corrected chi connectivity index (χ2v) is 4.85. The molecule has 2 fully saturated rings. The number of fused-ring (bicyclic) bond motifs is 2. The third-order valence-corrected chi connectivity index (χ3v) is 4.05. The van der Waals surface area contributed by atoms with Gasteiger partial charge < -0.3 is 4.74 Å². The highest BCUT2D eigenvalue weighted by Gasteiger charge is 2.41. The summed E-state index contributed by atoms with van der Waals surface area (Å²) in [7, 11) is 1.78. The van der Waals surface area contributed by atoms with Gasteiger partial charge in [0, 0.05) is 61.7 Å². The lowest BCUT2D eigenvalue weighted by Gasteiger charge is -2.30. The van der Waals surface area contributed by atoms with Gasteiger partial charge in [-0.2, -0.15) is 0 Å². The quantitative estimate of drug-likeness (QED) is 0.561. The molecule has 0 radical (unpaired) electrons. The number of methoxy groups -OCH3 is 1. The number of rotatable bonds is 3. The number of ether oxygens (including phenoxy) is 1. The van der Waals surface area contributed by atoms with Crippen LogP contribution in [0.3, 0.4) is 0 Å². The Morgan fingerprint density at radius 2 is 2.25 bits per heavy atom. The monoisotopic (exact) mass is 282 g/mol. The molecular weight excluding hydrogens is 267 g/mol. The Labute approximate surface area is 87.5 Å². The lowest BCUT2D eigenvalue weighted by molar-refractivity contribution is 0.123. The second kappa shape index (κ2) is 3.77. The van der Waals surface area contributed by atoms with Gasteiger partial charge >= 0.3 is 0 Å². The molecule has 2 bridgehead atoms. The molecule has 0 saturated carbocycles. The maximum atomic E-state index is 5.08. The molecule has 70 valence electrons. The van der Waals surface area contributed by atoms with Gasteiger partial charge in [0.05, 0.1) is 6.61 Å². The second-order valence-electron chi connectivity index (χ2n) is 3.61. The zero-order valence-corrected chi connectivity index (χ0v) is 9.53. The molecule has 0 aromatic rings. The lowest BCUT2D eigenvalue weighted by Crippen LogP contribution is -2.43. The molecule has 0 spiro atoms. The molecule has 2 rings (SSSR count). The van der Waals surface area contributed by atoms with Crippen molar-refractivity contribution >= 4 is 22.9 Å². The third kappa shape index (κ3) is 1.62. The van der Waals surface area contributed by atoms with Gasteiger partial charge in [0.1, 0.15) is 0 Å². The van der Waals surface area contributed by atoms with Crippen molar-refractivity contribution in [1.29, 1.82) is 0 Å². The van der Waals surface area contributed by atoms with Crippen LogP contribution < -0.4 is 0 Å². The molecule has 2 aliphatic heterocycles. The van der Waals surface area contributed by atoms with Gasteiger partial charge in [0.15, 0.2) is 0 Å². The molecule has 4 heteroatoms. The highest BCUT2D eigenvalue weighted by atomic mass is 127. The molecule has 2 atom stereocenters. The average molecular weight is 282 g/mol. The number of hydrogen-bond acceptors (Lipinski definition) is 3. The van der Waals surface area contributed by atoms with Gasteiger partial charge in [-0.15, -0.1) is 0 Å². The molecular formula is C8H15IN2O. The first-order valence-corrected chi connectivity index (χ1v) is 5.43. The Bertz CT molecular complexity index is 165. The molecule has 3 nitrogen and oxygen atoms in total. The van der Waals surface area contributed by atoms with E-state index in [4.69, 9.17) is 4.74 Å². The normalized spacial score (nSPS) is 36.5. The maximum Gasteiger partial charge on any atom is 0.0589 e. The summed E-state index contributed by atoms with van der Waals surface area (Å²) in [6, 6.07) is 1.62. The summed E-state index contributed by atoms with van der Waals surface area (Å²) >= 11 is 2.45. The summed E-state index contributed by atoms with van der Waals surface area (Å²) in [5.74, 6) is 0. The lowest BCUT2D eigenvalue weighted by atomic mass is 10.2. The van der Waals surface area contributed by atoms with Crippen LogP contribution in [0.4, 0.5) is 0 Å². The first-order chi connectivity index (χ1) is 5.81.